The van der Waals surface area contributed by atoms with Crippen molar-refractivity contribution in [1.82, 2.24) is 20.3 Å². The zero-order chi connectivity index (χ0) is 25.7. The molecule has 4 N–H and O–H groups in total. The van der Waals surface area contributed by atoms with E-state index in [1.54, 1.807) is 25.3 Å². The molecular weight excluding hydrogens is 501 g/mol. The number of nitrogens with zero attached hydrogens (tertiary/aromatic N) is 3. The number of anilines is 2. The minimum Gasteiger partial charge on any atom is -0.497 e. The third-order valence-corrected chi connectivity index (χ3v) is 5.99. The minimum atomic E-state index is -0.511. The smallest absolute Gasteiger partial charge is 0.326 e. The molecule has 11 heteroatoms. The fourth-order valence-electron chi connectivity index (χ4n) is 3.63. The first kappa shape index (κ1) is 25.3. The molecular formula is C25H25Cl2N7O2. The summed E-state index contributed by atoms with van der Waals surface area (Å²) >= 11 is 12.0. The van der Waals surface area contributed by atoms with Crippen LogP contribution in [0.15, 0.2) is 53.7 Å². The number of aryl methyl sites for hydroxylation is 2. The van der Waals surface area contributed by atoms with Gasteiger partial charge in [-0.2, -0.15) is 0 Å². The van der Waals surface area contributed by atoms with Gasteiger partial charge in [0.05, 0.1) is 17.2 Å². The molecule has 2 heterocycles. The number of halogens is 2. The van der Waals surface area contributed by atoms with E-state index in [0.29, 0.717) is 34.6 Å². The van der Waals surface area contributed by atoms with Crippen molar-refractivity contribution < 1.29 is 9.53 Å². The normalized spacial score (nSPS) is 11.4. The number of rotatable bonds is 6. The second-order valence-electron chi connectivity index (χ2n) is 8.01. The van der Waals surface area contributed by atoms with Crippen molar-refractivity contribution in [3.8, 4) is 5.75 Å². The van der Waals surface area contributed by atoms with Crippen LogP contribution in [-0.2, 0) is 6.42 Å². The SMILES string of the molecule is COc1ccc2c(CCN=C(NC(=O)Nc3ccc(Cl)c(Cl)c3)Nc3nc(C)cc(C)n3)c[nH]c2c1. The Bertz CT molecular complexity index is 1420. The molecule has 0 saturated carbocycles. The number of aliphatic imine (C=N–C) groups is 1. The summed E-state index contributed by atoms with van der Waals surface area (Å²) in [5.41, 5.74) is 4.14. The number of ether oxygens (including phenoxy) is 1. The predicted molar refractivity (Wildman–Crippen MR) is 145 cm³/mol. The van der Waals surface area contributed by atoms with Gasteiger partial charge in [-0.3, -0.25) is 15.6 Å². The van der Waals surface area contributed by atoms with Gasteiger partial charge in [0.15, 0.2) is 0 Å². The minimum absolute atomic E-state index is 0.207. The molecule has 0 unspecified atom stereocenters. The molecule has 2 aromatic carbocycles. The molecule has 0 bridgehead atoms. The van der Waals surface area contributed by atoms with Crippen LogP contribution in [0.4, 0.5) is 16.4 Å². The van der Waals surface area contributed by atoms with Crippen LogP contribution in [0, 0.1) is 13.8 Å². The third-order valence-electron chi connectivity index (χ3n) is 5.25. The Kier molecular flexibility index (Phi) is 7.92. The predicted octanol–water partition coefficient (Wildman–Crippen LogP) is 5.72. The second kappa shape index (κ2) is 11.3. The number of nitrogens with one attached hydrogen (secondary N) is 4. The highest BCUT2D eigenvalue weighted by atomic mass is 35.5. The highest BCUT2D eigenvalue weighted by Gasteiger charge is 2.11. The molecule has 186 valence electrons. The standard InChI is InChI=1S/C25H25Cl2N7O2/c1-14-10-15(2)31-24(30-14)33-23(34-25(35)32-17-4-7-20(26)21(27)11-17)28-9-8-16-13-29-22-12-18(36-3)5-6-19(16)22/h4-7,10-13,29H,8-9H2,1-3H3,(H3,28,30,31,32,33,34,35). The topological polar surface area (TPSA) is 116 Å². The van der Waals surface area contributed by atoms with E-state index in [2.05, 4.69) is 35.9 Å². The van der Waals surface area contributed by atoms with Gasteiger partial charge >= 0.3 is 6.03 Å². The van der Waals surface area contributed by atoms with Crippen LogP contribution in [-0.4, -0.2) is 40.6 Å². The molecule has 0 saturated heterocycles. The lowest BCUT2D eigenvalue weighted by molar-refractivity contribution is 0.256. The number of amides is 2. The number of aromatic amines is 1. The maximum Gasteiger partial charge on any atom is 0.326 e. The lowest BCUT2D eigenvalue weighted by atomic mass is 10.1. The van der Waals surface area contributed by atoms with Crippen LogP contribution in [0.25, 0.3) is 10.9 Å². The van der Waals surface area contributed by atoms with Crippen molar-refractivity contribution in [3.63, 3.8) is 0 Å². The zero-order valence-corrected chi connectivity index (χ0v) is 21.5. The number of carbonyl (C=O) groups is 1. The molecule has 0 fully saturated rings. The van der Waals surface area contributed by atoms with Crippen LogP contribution in [0.5, 0.6) is 5.75 Å². The molecule has 0 aliphatic heterocycles. The van der Waals surface area contributed by atoms with Crippen molar-refractivity contribution in [2.24, 2.45) is 4.99 Å². The molecule has 2 aromatic heterocycles. The first-order chi connectivity index (χ1) is 17.3. The summed E-state index contributed by atoms with van der Waals surface area (Å²) in [6.45, 7) is 4.14. The maximum absolute atomic E-state index is 12.7. The highest BCUT2D eigenvalue weighted by Crippen LogP contribution is 2.25. The summed E-state index contributed by atoms with van der Waals surface area (Å²) in [6, 6.07) is 12.0. The Morgan fingerprint density at radius 1 is 1.03 bits per heavy atom. The summed E-state index contributed by atoms with van der Waals surface area (Å²) in [5, 5.41) is 10.3. The van der Waals surface area contributed by atoms with E-state index in [-0.39, 0.29) is 5.96 Å². The number of urea groups is 1. The van der Waals surface area contributed by atoms with E-state index < -0.39 is 6.03 Å². The first-order valence-corrected chi connectivity index (χ1v) is 11.9. The fourth-order valence-corrected chi connectivity index (χ4v) is 3.93. The van der Waals surface area contributed by atoms with E-state index in [1.165, 1.54) is 0 Å². The number of hydrogen-bond acceptors (Lipinski definition) is 5. The summed E-state index contributed by atoms with van der Waals surface area (Å²) in [7, 11) is 1.64. The summed E-state index contributed by atoms with van der Waals surface area (Å²) in [5.74, 6) is 1.32. The van der Waals surface area contributed by atoms with Crippen LogP contribution >= 0.6 is 23.2 Å². The van der Waals surface area contributed by atoms with Crippen molar-refractivity contribution >= 4 is 57.7 Å². The molecule has 4 aromatic rings. The average molecular weight is 526 g/mol. The number of guanidine groups is 1. The lowest BCUT2D eigenvalue weighted by Gasteiger charge is -2.13. The van der Waals surface area contributed by atoms with Gasteiger partial charge in [0.25, 0.3) is 0 Å². The third kappa shape index (κ3) is 6.44. The Hall–Kier alpha value is -3.82. The highest BCUT2D eigenvalue weighted by molar-refractivity contribution is 6.42. The Balaban J connectivity index is 1.50. The number of fused-ring (bicyclic) bond motifs is 1. The molecule has 4 rings (SSSR count). The van der Waals surface area contributed by atoms with Gasteiger partial charge in [-0.05, 0) is 62.2 Å². The van der Waals surface area contributed by atoms with Crippen molar-refractivity contribution in [2.75, 3.05) is 24.3 Å². The molecule has 36 heavy (non-hydrogen) atoms. The molecule has 9 nitrogen and oxygen atoms in total. The van der Waals surface area contributed by atoms with Gasteiger partial charge in [0.1, 0.15) is 5.75 Å². The van der Waals surface area contributed by atoms with Crippen molar-refractivity contribution in [3.05, 3.63) is 75.7 Å². The quantitative estimate of drug-likeness (QED) is 0.189. The first-order valence-electron chi connectivity index (χ1n) is 11.1. The summed E-state index contributed by atoms with van der Waals surface area (Å²) in [6.07, 6.45) is 2.59. The molecule has 0 radical (unpaired) electrons. The molecule has 0 aliphatic carbocycles. The molecule has 0 atom stereocenters. The monoisotopic (exact) mass is 525 g/mol. The van der Waals surface area contributed by atoms with E-state index in [1.807, 2.05) is 44.3 Å². The van der Waals surface area contributed by atoms with Crippen LogP contribution in [0.3, 0.4) is 0 Å². The Morgan fingerprint density at radius 2 is 1.81 bits per heavy atom. The number of benzene rings is 2. The van der Waals surface area contributed by atoms with Gasteiger partial charge < -0.3 is 15.0 Å². The number of H-pyrrole nitrogens is 1. The molecule has 0 spiro atoms. The van der Waals surface area contributed by atoms with Crippen molar-refractivity contribution in [2.45, 2.75) is 20.3 Å². The van der Waals surface area contributed by atoms with Crippen LogP contribution in [0.2, 0.25) is 10.0 Å². The van der Waals surface area contributed by atoms with Gasteiger partial charge in [-0.1, -0.05) is 23.2 Å². The van der Waals surface area contributed by atoms with Crippen molar-refractivity contribution in [1.29, 1.82) is 0 Å². The van der Waals surface area contributed by atoms with Gasteiger partial charge in [0.2, 0.25) is 11.9 Å². The second-order valence-corrected chi connectivity index (χ2v) is 8.83. The van der Waals surface area contributed by atoms with Gasteiger partial charge in [-0.25, -0.2) is 14.8 Å². The molecule has 2 amide bonds. The van der Waals surface area contributed by atoms with Gasteiger partial charge in [-0.15, -0.1) is 0 Å². The Morgan fingerprint density at radius 3 is 2.53 bits per heavy atom. The maximum atomic E-state index is 12.7. The zero-order valence-electron chi connectivity index (χ0n) is 19.9. The summed E-state index contributed by atoms with van der Waals surface area (Å²) in [4.78, 5) is 29.3. The van der Waals surface area contributed by atoms with Crippen LogP contribution < -0.4 is 20.7 Å². The lowest BCUT2D eigenvalue weighted by Crippen LogP contribution is -2.39. The Labute approximate surface area is 218 Å². The fraction of sp³-hybridized carbons (Fsp3) is 0.200. The van der Waals surface area contributed by atoms with E-state index in [4.69, 9.17) is 27.9 Å². The number of methoxy groups -OCH3 is 1. The number of carbonyl (C=O) groups excluding carboxylic acids is 1. The number of aromatic nitrogens is 3. The van der Waals surface area contributed by atoms with E-state index in [9.17, 15) is 4.79 Å². The van der Waals surface area contributed by atoms with E-state index >= 15 is 0 Å². The van der Waals surface area contributed by atoms with Crippen LogP contribution in [0.1, 0.15) is 17.0 Å². The number of hydrogen-bond donors (Lipinski definition) is 4. The van der Waals surface area contributed by atoms with E-state index in [0.717, 1.165) is 33.6 Å². The largest absolute Gasteiger partial charge is 0.497 e. The molecule has 0 aliphatic rings. The summed E-state index contributed by atoms with van der Waals surface area (Å²) < 4.78 is 5.29. The average Bonchev–Trinajstić information content (AvgIpc) is 3.22. The van der Waals surface area contributed by atoms with Gasteiger partial charge in [0, 0.05) is 46.8 Å².